The largest absolute Gasteiger partial charge is 0.478 e. The van der Waals surface area contributed by atoms with E-state index >= 15 is 0 Å². The fraction of sp³-hybridized carbons (Fsp3) is 0.500. The van der Waals surface area contributed by atoms with Gasteiger partial charge < -0.3 is 9.67 Å². The first-order valence-electron chi connectivity index (χ1n) is 7.24. The van der Waals surface area contributed by atoms with Gasteiger partial charge >= 0.3 is 5.97 Å². The van der Waals surface area contributed by atoms with Gasteiger partial charge in [-0.1, -0.05) is 33.8 Å². The van der Waals surface area contributed by atoms with Crippen LogP contribution in [0.15, 0.2) is 18.2 Å². The minimum atomic E-state index is -0.891. The summed E-state index contributed by atoms with van der Waals surface area (Å²) in [6.45, 7) is 8.54. The van der Waals surface area contributed by atoms with Gasteiger partial charge in [-0.25, -0.2) is 9.78 Å². The molecule has 1 heterocycles. The van der Waals surface area contributed by atoms with Gasteiger partial charge in [0.25, 0.3) is 0 Å². The van der Waals surface area contributed by atoms with Crippen LogP contribution in [-0.4, -0.2) is 20.6 Å². The molecule has 0 bridgehead atoms. The van der Waals surface area contributed by atoms with E-state index in [9.17, 15) is 9.90 Å². The van der Waals surface area contributed by atoms with Crippen molar-refractivity contribution < 1.29 is 9.90 Å². The van der Waals surface area contributed by atoms with Gasteiger partial charge in [-0.2, -0.15) is 0 Å². The second-order valence-electron chi connectivity index (χ2n) is 5.45. The standard InChI is InChI=1S/C16H22N2O2/c1-5-13(10(3)4)18-14(6-2)17-12-9-7-8-11(15(12)18)16(19)20/h7-10,13H,5-6H2,1-4H3,(H,19,20). The molecule has 0 aliphatic rings. The third-order valence-corrected chi connectivity index (χ3v) is 3.85. The maximum Gasteiger partial charge on any atom is 0.337 e. The lowest BCUT2D eigenvalue weighted by molar-refractivity contribution is 0.0698. The Balaban J connectivity index is 2.81. The van der Waals surface area contributed by atoms with Gasteiger partial charge in [0.05, 0.1) is 16.6 Å². The third kappa shape index (κ3) is 2.30. The summed E-state index contributed by atoms with van der Waals surface area (Å²) in [7, 11) is 0. The van der Waals surface area contributed by atoms with E-state index in [-0.39, 0.29) is 6.04 Å². The summed E-state index contributed by atoms with van der Waals surface area (Å²) < 4.78 is 2.14. The number of aryl methyl sites for hydroxylation is 1. The van der Waals surface area contributed by atoms with Crippen LogP contribution in [0, 0.1) is 5.92 Å². The number of imidazole rings is 1. The summed E-state index contributed by atoms with van der Waals surface area (Å²) in [6.07, 6.45) is 1.76. The van der Waals surface area contributed by atoms with E-state index < -0.39 is 5.97 Å². The van der Waals surface area contributed by atoms with Crippen molar-refractivity contribution in [3.05, 3.63) is 29.6 Å². The normalized spacial score (nSPS) is 13.1. The minimum Gasteiger partial charge on any atom is -0.478 e. The van der Waals surface area contributed by atoms with E-state index in [1.807, 2.05) is 6.07 Å². The third-order valence-electron chi connectivity index (χ3n) is 3.85. The van der Waals surface area contributed by atoms with Gasteiger partial charge in [0.2, 0.25) is 0 Å². The highest BCUT2D eigenvalue weighted by atomic mass is 16.4. The molecule has 1 aromatic heterocycles. The molecule has 2 aromatic rings. The highest BCUT2D eigenvalue weighted by Gasteiger charge is 2.23. The molecule has 2 rings (SSSR count). The molecule has 1 aromatic carbocycles. The lowest BCUT2D eigenvalue weighted by atomic mass is 10.0. The van der Waals surface area contributed by atoms with E-state index in [4.69, 9.17) is 0 Å². The molecule has 0 fully saturated rings. The zero-order valence-electron chi connectivity index (χ0n) is 12.6. The number of hydrogen-bond acceptors (Lipinski definition) is 2. The summed E-state index contributed by atoms with van der Waals surface area (Å²) in [5.74, 6) is 0.511. The number of rotatable bonds is 5. The molecule has 1 unspecified atom stereocenters. The van der Waals surface area contributed by atoms with E-state index in [0.29, 0.717) is 11.5 Å². The van der Waals surface area contributed by atoms with Crippen LogP contribution in [-0.2, 0) is 6.42 Å². The molecular weight excluding hydrogens is 252 g/mol. The van der Waals surface area contributed by atoms with Crippen molar-refractivity contribution in [2.75, 3.05) is 0 Å². The Kier molecular flexibility index (Phi) is 4.12. The van der Waals surface area contributed by atoms with Crippen molar-refractivity contribution in [3.63, 3.8) is 0 Å². The number of carboxylic acids is 1. The van der Waals surface area contributed by atoms with Gasteiger partial charge in [0, 0.05) is 12.5 Å². The molecule has 0 aliphatic heterocycles. The summed E-state index contributed by atoms with van der Waals surface area (Å²) in [5, 5.41) is 9.44. The smallest absolute Gasteiger partial charge is 0.337 e. The Morgan fingerprint density at radius 2 is 2.05 bits per heavy atom. The van der Waals surface area contributed by atoms with Crippen molar-refractivity contribution in [3.8, 4) is 0 Å². The molecule has 4 nitrogen and oxygen atoms in total. The first-order valence-corrected chi connectivity index (χ1v) is 7.24. The summed E-state index contributed by atoms with van der Waals surface area (Å²) >= 11 is 0. The Labute approximate surface area is 119 Å². The first kappa shape index (κ1) is 14.6. The summed E-state index contributed by atoms with van der Waals surface area (Å²) in [5.41, 5.74) is 1.88. The maximum atomic E-state index is 11.5. The lowest BCUT2D eigenvalue weighted by Crippen LogP contribution is -2.18. The van der Waals surface area contributed by atoms with Crippen LogP contribution >= 0.6 is 0 Å². The van der Waals surface area contributed by atoms with Crippen LogP contribution < -0.4 is 0 Å². The predicted octanol–water partition coefficient (Wildman–Crippen LogP) is 3.90. The van der Waals surface area contributed by atoms with Gasteiger partial charge in [-0.15, -0.1) is 0 Å². The molecule has 1 N–H and O–H groups in total. The molecule has 0 aliphatic carbocycles. The fourth-order valence-electron chi connectivity index (χ4n) is 2.93. The van der Waals surface area contributed by atoms with Crippen LogP contribution in [0.2, 0.25) is 0 Å². The van der Waals surface area contributed by atoms with E-state index in [2.05, 4.69) is 37.2 Å². The number of para-hydroxylation sites is 1. The van der Waals surface area contributed by atoms with Crippen molar-refractivity contribution in [1.29, 1.82) is 0 Å². The average Bonchev–Trinajstić information content (AvgIpc) is 2.77. The molecular formula is C16H22N2O2. The number of benzene rings is 1. The summed E-state index contributed by atoms with van der Waals surface area (Å²) in [4.78, 5) is 16.1. The average molecular weight is 274 g/mol. The van der Waals surface area contributed by atoms with Gasteiger partial charge in [-0.3, -0.25) is 0 Å². The summed E-state index contributed by atoms with van der Waals surface area (Å²) in [6, 6.07) is 5.59. The van der Waals surface area contributed by atoms with Crippen LogP contribution in [0.4, 0.5) is 0 Å². The van der Waals surface area contributed by atoms with E-state index in [1.165, 1.54) is 0 Å². The zero-order valence-corrected chi connectivity index (χ0v) is 12.6. The number of carboxylic acid groups (broad SMARTS) is 1. The number of carbonyl (C=O) groups is 1. The quantitative estimate of drug-likeness (QED) is 0.899. The fourth-order valence-corrected chi connectivity index (χ4v) is 2.93. The van der Waals surface area contributed by atoms with Crippen molar-refractivity contribution >= 4 is 17.0 Å². The molecule has 20 heavy (non-hydrogen) atoms. The second-order valence-corrected chi connectivity index (χ2v) is 5.45. The van der Waals surface area contributed by atoms with E-state index in [0.717, 1.165) is 29.7 Å². The molecule has 0 saturated carbocycles. The van der Waals surface area contributed by atoms with Crippen LogP contribution in [0.3, 0.4) is 0 Å². The lowest BCUT2D eigenvalue weighted by Gasteiger charge is -2.24. The Hall–Kier alpha value is -1.84. The molecule has 0 saturated heterocycles. The highest BCUT2D eigenvalue weighted by Crippen LogP contribution is 2.30. The molecule has 0 spiro atoms. The maximum absolute atomic E-state index is 11.5. The van der Waals surface area contributed by atoms with Crippen LogP contribution in [0.1, 0.15) is 56.3 Å². The predicted molar refractivity (Wildman–Crippen MR) is 80.2 cm³/mol. The number of hydrogen-bond donors (Lipinski definition) is 1. The molecule has 0 radical (unpaired) electrons. The Morgan fingerprint density at radius 3 is 2.55 bits per heavy atom. The highest BCUT2D eigenvalue weighted by molar-refractivity contribution is 6.01. The molecule has 4 heteroatoms. The van der Waals surface area contributed by atoms with Crippen LogP contribution in [0.25, 0.3) is 11.0 Å². The van der Waals surface area contributed by atoms with Gasteiger partial charge in [0.1, 0.15) is 5.82 Å². The minimum absolute atomic E-state index is 0.274. The number of aromatic nitrogens is 2. The monoisotopic (exact) mass is 274 g/mol. The topological polar surface area (TPSA) is 55.1 Å². The van der Waals surface area contributed by atoms with Gasteiger partial charge in [0.15, 0.2) is 0 Å². The van der Waals surface area contributed by atoms with E-state index in [1.54, 1.807) is 12.1 Å². The van der Waals surface area contributed by atoms with Crippen LogP contribution in [0.5, 0.6) is 0 Å². The Morgan fingerprint density at radius 1 is 1.35 bits per heavy atom. The molecule has 0 amide bonds. The number of aromatic carboxylic acids is 1. The van der Waals surface area contributed by atoms with Crippen molar-refractivity contribution in [2.24, 2.45) is 5.92 Å². The zero-order chi connectivity index (χ0) is 14.9. The Bertz CT molecular complexity index is 629. The molecule has 108 valence electrons. The van der Waals surface area contributed by atoms with Crippen molar-refractivity contribution in [1.82, 2.24) is 9.55 Å². The number of fused-ring (bicyclic) bond motifs is 1. The molecule has 1 atom stereocenters. The second kappa shape index (κ2) is 5.65. The SMILES string of the molecule is CCc1nc2cccc(C(=O)O)c2n1C(CC)C(C)C. The van der Waals surface area contributed by atoms with Crippen molar-refractivity contribution in [2.45, 2.75) is 46.6 Å². The first-order chi connectivity index (χ1) is 9.51. The van der Waals surface area contributed by atoms with Gasteiger partial charge in [-0.05, 0) is 24.5 Å². The number of nitrogens with zero attached hydrogens (tertiary/aromatic N) is 2.